The first-order valence-corrected chi connectivity index (χ1v) is 11.3. The highest BCUT2D eigenvalue weighted by atomic mass is 127. The van der Waals surface area contributed by atoms with Crippen LogP contribution >= 0.6 is 22.6 Å². The van der Waals surface area contributed by atoms with Gasteiger partial charge in [-0.1, -0.05) is 19.6 Å². The van der Waals surface area contributed by atoms with Crippen LogP contribution < -0.4 is 10.6 Å². The minimum Gasteiger partial charge on any atom is -0.388 e. The number of benzene rings is 1. The molecule has 154 valence electrons. The Morgan fingerprint density at radius 2 is 2.07 bits per heavy atom. The van der Waals surface area contributed by atoms with Crippen molar-refractivity contribution < 1.29 is 21.6 Å². The first-order chi connectivity index (χ1) is 12.9. The third-order valence-corrected chi connectivity index (χ3v) is 7.23. The summed E-state index contributed by atoms with van der Waals surface area (Å²) in [6, 6.07) is 5.20. The van der Waals surface area contributed by atoms with E-state index >= 15 is 0 Å². The van der Waals surface area contributed by atoms with Crippen molar-refractivity contribution in [2.45, 2.75) is 23.1 Å². The summed E-state index contributed by atoms with van der Waals surface area (Å²) in [5.74, 6) is -0.159. The molecule has 1 aliphatic heterocycles. The predicted octanol–water partition coefficient (Wildman–Crippen LogP) is 4.64. The summed E-state index contributed by atoms with van der Waals surface area (Å²) in [7, 11) is -1.54. The molecule has 0 bridgehead atoms. The van der Waals surface area contributed by atoms with E-state index in [1.165, 1.54) is 28.7 Å². The molecule has 0 spiro atoms. The van der Waals surface area contributed by atoms with Crippen molar-refractivity contribution in [2.24, 2.45) is 4.99 Å². The van der Waals surface area contributed by atoms with Crippen LogP contribution in [0.3, 0.4) is 0 Å². The summed E-state index contributed by atoms with van der Waals surface area (Å²) in [5.41, 5.74) is 2.79. The molecule has 0 fully saturated rings. The van der Waals surface area contributed by atoms with Crippen LogP contribution in [0, 0.1) is 0 Å². The van der Waals surface area contributed by atoms with Gasteiger partial charge in [0.2, 0.25) is 3.55 Å². The number of aliphatic imine (C=N–C) groups is 1. The molecule has 0 amide bonds. The van der Waals surface area contributed by atoms with Gasteiger partial charge in [-0.15, -0.1) is 0 Å². The van der Waals surface area contributed by atoms with Gasteiger partial charge < -0.3 is 10.6 Å². The lowest BCUT2D eigenvalue weighted by molar-refractivity contribution is -0.151. The second kappa shape index (κ2) is 8.44. The first kappa shape index (κ1) is 22.7. The summed E-state index contributed by atoms with van der Waals surface area (Å²) < 4.78 is 60.8. The van der Waals surface area contributed by atoms with Gasteiger partial charge in [-0.3, -0.25) is 4.99 Å². The van der Waals surface area contributed by atoms with Gasteiger partial charge in [0.1, 0.15) is 0 Å². The zero-order valence-electron chi connectivity index (χ0n) is 15.4. The molecular formula is C18H21F3IN3O2S. The number of nitrogens with zero attached hydrogens (tertiary/aromatic N) is 1. The van der Waals surface area contributed by atoms with Gasteiger partial charge in [0.05, 0.1) is 11.4 Å². The minimum absolute atomic E-state index is 0.0133. The van der Waals surface area contributed by atoms with Gasteiger partial charge in [-0.05, 0) is 46.4 Å². The maximum absolute atomic E-state index is 13.0. The SMILES string of the molecule is C=C(CS(=O)(=O)CC)c1cc(NC2=CCC(I)(C(F)(F)F)N=C2)ccc1NC. The molecule has 1 aliphatic rings. The number of rotatable bonds is 7. The summed E-state index contributed by atoms with van der Waals surface area (Å²) in [6.45, 7) is 5.46. The monoisotopic (exact) mass is 527 g/mol. The van der Waals surface area contributed by atoms with Gasteiger partial charge >= 0.3 is 6.18 Å². The van der Waals surface area contributed by atoms with E-state index in [2.05, 4.69) is 22.2 Å². The summed E-state index contributed by atoms with van der Waals surface area (Å²) >= 11 is 1.30. The molecule has 28 heavy (non-hydrogen) atoms. The number of alkyl halides is 4. The summed E-state index contributed by atoms with van der Waals surface area (Å²) in [4.78, 5) is 3.66. The molecule has 1 heterocycles. The lowest BCUT2D eigenvalue weighted by atomic mass is 10.0. The standard InChI is InChI=1S/C18H21F3IN3O2S/c1-4-28(26,27)11-12(2)15-9-13(5-6-16(15)23-3)25-14-7-8-17(22,24-10-14)18(19,20)21/h5-7,9-10,23,25H,2,4,8,11H2,1,3H3. The molecule has 0 aliphatic carbocycles. The van der Waals surface area contributed by atoms with Crippen molar-refractivity contribution in [1.29, 1.82) is 0 Å². The van der Waals surface area contributed by atoms with Crippen molar-refractivity contribution in [3.63, 3.8) is 0 Å². The number of hydrogen-bond donors (Lipinski definition) is 2. The van der Waals surface area contributed by atoms with Crippen molar-refractivity contribution in [2.75, 3.05) is 29.2 Å². The molecule has 10 heteroatoms. The van der Waals surface area contributed by atoms with Crippen LogP contribution in [0.15, 0.2) is 41.5 Å². The first-order valence-electron chi connectivity index (χ1n) is 8.39. The number of anilines is 2. The van der Waals surface area contributed by atoms with Crippen LogP contribution in [0.1, 0.15) is 18.9 Å². The van der Waals surface area contributed by atoms with E-state index in [1.807, 2.05) is 0 Å². The molecule has 2 rings (SSSR count). The Morgan fingerprint density at radius 1 is 1.39 bits per heavy atom. The second-order valence-corrected chi connectivity index (χ2v) is 10.4. The van der Waals surface area contributed by atoms with Gasteiger partial charge in [-0.25, -0.2) is 8.42 Å². The molecule has 5 nitrogen and oxygen atoms in total. The molecule has 0 saturated carbocycles. The molecule has 2 N–H and O–H groups in total. The van der Waals surface area contributed by atoms with Gasteiger partial charge in [-0.2, -0.15) is 13.2 Å². The molecular weight excluding hydrogens is 506 g/mol. The second-order valence-electron chi connectivity index (χ2n) is 6.29. The van der Waals surface area contributed by atoms with E-state index in [-0.39, 0.29) is 17.9 Å². The highest BCUT2D eigenvalue weighted by Gasteiger charge is 2.53. The molecule has 1 aromatic rings. The van der Waals surface area contributed by atoms with Gasteiger partial charge in [0.15, 0.2) is 9.84 Å². The van der Waals surface area contributed by atoms with Crippen molar-refractivity contribution in [1.82, 2.24) is 0 Å². The number of sulfone groups is 1. The van der Waals surface area contributed by atoms with E-state index in [4.69, 9.17) is 0 Å². The topological polar surface area (TPSA) is 70.6 Å². The number of halogens is 4. The van der Waals surface area contributed by atoms with Gasteiger partial charge in [0, 0.05) is 42.4 Å². The molecule has 1 aromatic carbocycles. The quantitative estimate of drug-likeness (QED) is 0.308. The molecule has 1 unspecified atom stereocenters. The molecule has 1 atom stereocenters. The zero-order chi connectivity index (χ0) is 21.2. The summed E-state index contributed by atoms with van der Waals surface area (Å²) in [6.07, 6.45) is -2.12. The van der Waals surface area contributed by atoms with Crippen molar-refractivity contribution in [3.8, 4) is 0 Å². The van der Waals surface area contributed by atoms with Crippen LogP contribution in [0.4, 0.5) is 24.5 Å². The number of allylic oxidation sites excluding steroid dienone is 1. The Hall–Kier alpha value is -1.56. The fraction of sp³-hybridized carbons (Fsp3) is 0.389. The fourth-order valence-corrected chi connectivity index (χ4v) is 3.79. The lowest BCUT2D eigenvalue weighted by Crippen LogP contribution is -2.38. The molecule has 0 aromatic heterocycles. The fourth-order valence-electron chi connectivity index (χ4n) is 2.54. The van der Waals surface area contributed by atoms with Crippen LogP contribution in [0.5, 0.6) is 0 Å². The Bertz CT molecular complexity index is 926. The zero-order valence-corrected chi connectivity index (χ0v) is 18.4. The highest BCUT2D eigenvalue weighted by molar-refractivity contribution is 14.1. The molecule has 0 radical (unpaired) electrons. The Kier molecular flexibility index (Phi) is 6.85. The average molecular weight is 527 g/mol. The lowest BCUT2D eigenvalue weighted by Gasteiger charge is -2.27. The van der Waals surface area contributed by atoms with Crippen LogP contribution in [0.25, 0.3) is 5.57 Å². The van der Waals surface area contributed by atoms with Crippen molar-refractivity contribution in [3.05, 3.63) is 42.1 Å². The Labute approximate surface area is 176 Å². The van der Waals surface area contributed by atoms with Crippen LogP contribution in [-0.2, 0) is 9.84 Å². The Balaban J connectivity index is 2.23. The number of dihydropyridines is 1. The van der Waals surface area contributed by atoms with E-state index in [1.54, 1.807) is 32.2 Å². The van der Waals surface area contributed by atoms with E-state index in [0.717, 1.165) is 6.21 Å². The minimum atomic E-state index is -4.43. The maximum Gasteiger partial charge on any atom is 0.423 e. The van der Waals surface area contributed by atoms with E-state index in [0.29, 0.717) is 28.2 Å². The Morgan fingerprint density at radius 3 is 2.57 bits per heavy atom. The van der Waals surface area contributed by atoms with E-state index in [9.17, 15) is 21.6 Å². The number of nitrogens with one attached hydrogen (secondary N) is 2. The third-order valence-electron chi connectivity index (χ3n) is 4.23. The normalized spacial score (nSPS) is 19.9. The average Bonchev–Trinajstić information content (AvgIpc) is 2.62. The van der Waals surface area contributed by atoms with Crippen molar-refractivity contribution >= 4 is 55.6 Å². The largest absolute Gasteiger partial charge is 0.423 e. The summed E-state index contributed by atoms with van der Waals surface area (Å²) in [5, 5.41) is 6.00. The van der Waals surface area contributed by atoms with E-state index < -0.39 is 19.6 Å². The van der Waals surface area contributed by atoms with Crippen LogP contribution in [0.2, 0.25) is 0 Å². The smallest absolute Gasteiger partial charge is 0.388 e. The molecule has 0 saturated heterocycles. The predicted molar refractivity (Wildman–Crippen MR) is 117 cm³/mol. The number of hydrogen-bond acceptors (Lipinski definition) is 5. The highest BCUT2D eigenvalue weighted by Crippen LogP contribution is 2.44. The van der Waals surface area contributed by atoms with Gasteiger partial charge in [0.25, 0.3) is 0 Å². The van der Waals surface area contributed by atoms with Crippen LogP contribution in [-0.4, -0.2) is 42.9 Å². The third kappa shape index (κ3) is 5.28. The maximum atomic E-state index is 13.0.